The summed E-state index contributed by atoms with van der Waals surface area (Å²) in [6.07, 6.45) is 2.72. The molecule has 2 N–H and O–H groups in total. The monoisotopic (exact) mass is 259 g/mol. The molecule has 0 radical (unpaired) electrons. The third-order valence-electron chi connectivity index (χ3n) is 2.43. The molecule has 19 heavy (non-hydrogen) atoms. The molecule has 0 saturated carbocycles. The summed E-state index contributed by atoms with van der Waals surface area (Å²) in [6.45, 7) is 1.88. The van der Waals surface area contributed by atoms with Crippen LogP contribution in [0.15, 0.2) is 30.6 Å². The van der Waals surface area contributed by atoms with Crippen molar-refractivity contribution in [1.82, 2.24) is 9.97 Å². The second-order valence-corrected chi connectivity index (χ2v) is 3.86. The van der Waals surface area contributed by atoms with Gasteiger partial charge in [-0.15, -0.1) is 0 Å². The van der Waals surface area contributed by atoms with E-state index in [4.69, 9.17) is 10.5 Å². The molecule has 1 heterocycles. The first kappa shape index (κ1) is 12.8. The summed E-state index contributed by atoms with van der Waals surface area (Å²) in [7, 11) is 1.28. The highest BCUT2D eigenvalue weighted by Crippen LogP contribution is 2.25. The normalized spacial score (nSPS) is 10.0. The number of rotatable bonds is 3. The molecule has 0 aliphatic carbocycles. The van der Waals surface area contributed by atoms with Gasteiger partial charge in [-0.3, -0.25) is 4.98 Å². The van der Waals surface area contributed by atoms with E-state index < -0.39 is 5.97 Å². The van der Waals surface area contributed by atoms with Gasteiger partial charge in [0.25, 0.3) is 0 Å². The van der Waals surface area contributed by atoms with Crippen LogP contribution in [0.4, 0.5) is 5.69 Å². The number of nitrogen functional groups attached to an aromatic ring is 1. The molecule has 0 atom stereocenters. The predicted octanol–water partition coefficient (Wildman–Crippen LogP) is 1.95. The molecule has 0 spiro atoms. The number of aromatic nitrogens is 2. The van der Waals surface area contributed by atoms with E-state index in [0.29, 0.717) is 11.4 Å². The van der Waals surface area contributed by atoms with Gasteiger partial charge in [-0.05, 0) is 18.6 Å². The molecular formula is C13H13N3O3. The Morgan fingerprint density at radius 3 is 2.84 bits per heavy atom. The van der Waals surface area contributed by atoms with E-state index in [1.807, 2.05) is 13.0 Å². The molecule has 6 heteroatoms. The average Bonchev–Trinajstić information content (AvgIpc) is 2.42. The number of carbonyl (C=O) groups excluding carboxylic acids is 1. The third-order valence-corrected chi connectivity index (χ3v) is 2.43. The Morgan fingerprint density at radius 2 is 2.11 bits per heavy atom. The zero-order valence-electron chi connectivity index (χ0n) is 10.6. The summed E-state index contributed by atoms with van der Waals surface area (Å²) in [5.74, 6) is 0.204. The first-order chi connectivity index (χ1) is 9.10. The highest BCUT2D eigenvalue weighted by atomic mass is 16.5. The highest BCUT2D eigenvalue weighted by Gasteiger charge is 2.10. The van der Waals surface area contributed by atoms with Gasteiger partial charge >= 0.3 is 5.97 Å². The fourth-order valence-corrected chi connectivity index (χ4v) is 1.44. The second-order valence-electron chi connectivity index (χ2n) is 3.86. The van der Waals surface area contributed by atoms with E-state index in [9.17, 15) is 4.79 Å². The molecule has 1 aromatic carbocycles. The standard InChI is InChI=1S/C13H13N3O3/c1-8-3-4-9(14)5-11(8)19-12-7-15-6-10(16-12)13(17)18-2/h3-7H,14H2,1-2H3. The van der Waals surface area contributed by atoms with Crippen LogP contribution in [0.2, 0.25) is 0 Å². The number of methoxy groups -OCH3 is 1. The van der Waals surface area contributed by atoms with E-state index >= 15 is 0 Å². The van der Waals surface area contributed by atoms with E-state index in [1.165, 1.54) is 19.5 Å². The molecule has 0 fully saturated rings. The molecule has 1 aromatic heterocycles. The van der Waals surface area contributed by atoms with E-state index in [2.05, 4.69) is 14.7 Å². The van der Waals surface area contributed by atoms with Crippen LogP contribution in [-0.2, 0) is 4.74 Å². The van der Waals surface area contributed by atoms with Crippen molar-refractivity contribution in [3.63, 3.8) is 0 Å². The maximum Gasteiger partial charge on any atom is 0.358 e. The van der Waals surface area contributed by atoms with Crippen molar-refractivity contribution in [2.24, 2.45) is 0 Å². The maximum atomic E-state index is 11.3. The first-order valence-electron chi connectivity index (χ1n) is 5.54. The zero-order valence-corrected chi connectivity index (χ0v) is 10.6. The number of hydrogen-bond donors (Lipinski definition) is 1. The lowest BCUT2D eigenvalue weighted by Gasteiger charge is -2.08. The summed E-state index contributed by atoms with van der Waals surface area (Å²) in [4.78, 5) is 19.2. The lowest BCUT2D eigenvalue weighted by molar-refractivity contribution is 0.0592. The topological polar surface area (TPSA) is 87.3 Å². The summed E-state index contributed by atoms with van der Waals surface area (Å²) in [5.41, 5.74) is 7.26. The minimum Gasteiger partial charge on any atom is -0.464 e. The Balaban J connectivity index is 2.28. The van der Waals surface area contributed by atoms with E-state index in [0.717, 1.165) is 5.56 Å². The van der Waals surface area contributed by atoms with Crippen molar-refractivity contribution in [2.45, 2.75) is 6.92 Å². The molecule has 0 saturated heterocycles. The van der Waals surface area contributed by atoms with Crippen molar-refractivity contribution in [3.8, 4) is 11.6 Å². The van der Waals surface area contributed by atoms with E-state index in [1.54, 1.807) is 12.1 Å². The number of nitrogens with zero attached hydrogens (tertiary/aromatic N) is 2. The van der Waals surface area contributed by atoms with Crippen molar-refractivity contribution in [1.29, 1.82) is 0 Å². The van der Waals surface area contributed by atoms with Gasteiger partial charge in [-0.25, -0.2) is 9.78 Å². The van der Waals surface area contributed by atoms with Crippen LogP contribution >= 0.6 is 0 Å². The van der Waals surface area contributed by atoms with Crippen LogP contribution in [0.5, 0.6) is 11.6 Å². The molecule has 0 amide bonds. The van der Waals surface area contributed by atoms with Gasteiger partial charge in [-0.2, -0.15) is 0 Å². The summed E-state index contributed by atoms with van der Waals surface area (Å²) < 4.78 is 10.1. The lowest BCUT2D eigenvalue weighted by atomic mass is 10.2. The van der Waals surface area contributed by atoms with Crippen molar-refractivity contribution in [3.05, 3.63) is 41.9 Å². The van der Waals surface area contributed by atoms with Gasteiger partial charge < -0.3 is 15.2 Å². The van der Waals surface area contributed by atoms with Crippen LogP contribution in [-0.4, -0.2) is 23.0 Å². The van der Waals surface area contributed by atoms with Crippen molar-refractivity contribution < 1.29 is 14.3 Å². The lowest BCUT2D eigenvalue weighted by Crippen LogP contribution is -2.05. The number of ether oxygens (including phenoxy) is 2. The Labute approximate surface area is 110 Å². The molecule has 98 valence electrons. The van der Waals surface area contributed by atoms with Crippen molar-refractivity contribution >= 4 is 11.7 Å². The van der Waals surface area contributed by atoms with Gasteiger partial charge in [0.05, 0.1) is 19.5 Å². The molecule has 2 aromatic rings. The Hall–Kier alpha value is -2.63. The second kappa shape index (κ2) is 5.34. The number of hydrogen-bond acceptors (Lipinski definition) is 6. The van der Waals surface area contributed by atoms with E-state index in [-0.39, 0.29) is 11.6 Å². The van der Waals surface area contributed by atoms with Crippen LogP contribution in [0.1, 0.15) is 16.1 Å². The van der Waals surface area contributed by atoms with Crippen LogP contribution in [0, 0.1) is 6.92 Å². The van der Waals surface area contributed by atoms with Crippen LogP contribution in [0.25, 0.3) is 0 Å². The van der Waals surface area contributed by atoms with Crippen LogP contribution < -0.4 is 10.5 Å². The quantitative estimate of drug-likeness (QED) is 0.669. The smallest absolute Gasteiger partial charge is 0.358 e. The average molecular weight is 259 g/mol. The van der Waals surface area contributed by atoms with Gasteiger partial charge in [0.1, 0.15) is 5.75 Å². The fraction of sp³-hybridized carbons (Fsp3) is 0.154. The number of anilines is 1. The van der Waals surface area contributed by atoms with Crippen LogP contribution in [0.3, 0.4) is 0 Å². The number of esters is 1. The van der Waals surface area contributed by atoms with Gasteiger partial charge in [-0.1, -0.05) is 6.07 Å². The SMILES string of the molecule is COC(=O)c1cncc(Oc2cc(N)ccc2C)n1. The number of nitrogens with two attached hydrogens (primary N) is 1. The molecule has 0 bridgehead atoms. The third kappa shape index (κ3) is 2.98. The largest absolute Gasteiger partial charge is 0.464 e. The molecule has 0 unspecified atom stereocenters. The van der Waals surface area contributed by atoms with Gasteiger partial charge in [0.15, 0.2) is 5.69 Å². The Morgan fingerprint density at radius 1 is 1.32 bits per heavy atom. The number of benzene rings is 1. The molecular weight excluding hydrogens is 246 g/mol. The van der Waals surface area contributed by atoms with Crippen molar-refractivity contribution in [2.75, 3.05) is 12.8 Å². The highest BCUT2D eigenvalue weighted by molar-refractivity contribution is 5.86. The number of aryl methyl sites for hydroxylation is 1. The Kier molecular flexibility index (Phi) is 3.61. The van der Waals surface area contributed by atoms with Gasteiger partial charge in [0.2, 0.25) is 5.88 Å². The zero-order chi connectivity index (χ0) is 13.8. The molecule has 0 aliphatic rings. The number of carbonyl (C=O) groups is 1. The summed E-state index contributed by atoms with van der Waals surface area (Å²) in [6, 6.07) is 5.29. The molecule has 6 nitrogen and oxygen atoms in total. The molecule has 0 aliphatic heterocycles. The van der Waals surface area contributed by atoms with Gasteiger partial charge in [0, 0.05) is 11.8 Å². The molecule has 2 rings (SSSR count). The predicted molar refractivity (Wildman–Crippen MR) is 69.0 cm³/mol. The maximum absolute atomic E-state index is 11.3. The summed E-state index contributed by atoms with van der Waals surface area (Å²) >= 11 is 0. The first-order valence-corrected chi connectivity index (χ1v) is 5.54. The minimum atomic E-state index is -0.567. The summed E-state index contributed by atoms with van der Waals surface area (Å²) in [5, 5.41) is 0. The fourth-order valence-electron chi connectivity index (χ4n) is 1.44. The minimum absolute atomic E-state index is 0.0848. The Bertz CT molecular complexity index is 614.